The molecule has 0 amide bonds. The molecular weight excluding hydrogens is 418 g/mol. The molecule has 1 unspecified atom stereocenters. The quantitative estimate of drug-likeness (QED) is 0.627. The monoisotopic (exact) mass is 440 g/mol. The first-order valence-corrected chi connectivity index (χ1v) is 10.8. The van der Waals surface area contributed by atoms with Crippen molar-refractivity contribution in [3.05, 3.63) is 17.3 Å². The minimum absolute atomic E-state index is 0.0843. The first-order valence-electron chi connectivity index (χ1n) is 8.92. The highest BCUT2D eigenvalue weighted by atomic mass is 35.5. The third-order valence-electron chi connectivity index (χ3n) is 4.66. The lowest BCUT2D eigenvalue weighted by Crippen LogP contribution is -2.43. The zero-order valence-corrected chi connectivity index (χ0v) is 16.7. The zero-order chi connectivity index (χ0) is 20.1. The van der Waals surface area contributed by atoms with Crippen molar-refractivity contribution < 1.29 is 26.7 Å². The topological polar surface area (TPSA) is 92.8 Å². The van der Waals surface area contributed by atoms with Crippen molar-refractivity contribution in [2.24, 2.45) is 0 Å². The Hall–Kier alpha value is -1.11. The predicted octanol–water partition coefficient (Wildman–Crippen LogP) is 1.18. The average molecular weight is 441 g/mol. The highest BCUT2D eigenvalue weighted by molar-refractivity contribution is 7.89. The standard InChI is InChI=1S/C16H23ClF2N4O4S/c17-14-5-13(28(24,25)22-15-10-26-3-4-27-15)8-20-16(14)21-11-1-2-23(9-11)12(6-18)7-19/h5,8,11-12,15,22H,1-4,6-7,9-10H2,(H,20,21)/t11?,15-/m1/s1. The fourth-order valence-electron chi connectivity index (χ4n) is 3.14. The van der Waals surface area contributed by atoms with Crippen molar-refractivity contribution in [3.8, 4) is 0 Å². The smallest absolute Gasteiger partial charge is 0.244 e. The van der Waals surface area contributed by atoms with E-state index in [-0.39, 0.29) is 22.6 Å². The Morgan fingerprint density at radius 3 is 2.79 bits per heavy atom. The third kappa shape index (κ3) is 5.28. The van der Waals surface area contributed by atoms with Crippen LogP contribution in [0.4, 0.5) is 14.6 Å². The van der Waals surface area contributed by atoms with Crippen LogP contribution in [-0.4, -0.2) is 82.9 Å². The largest absolute Gasteiger partial charge is 0.375 e. The molecule has 2 N–H and O–H groups in total. The van der Waals surface area contributed by atoms with Crippen LogP contribution in [0.2, 0.25) is 5.02 Å². The van der Waals surface area contributed by atoms with Crippen molar-refractivity contribution in [1.29, 1.82) is 0 Å². The molecule has 2 aliphatic heterocycles. The number of sulfonamides is 1. The van der Waals surface area contributed by atoms with Gasteiger partial charge in [0.05, 0.1) is 30.9 Å². The lowest BCUT2D eigenvalue weighted by atomic mass is 10.2. The molecule has 158 valence electrons. The molecule has 0 spiro atoms. The fourth-order valence-corrected chi connectivity index (χ4v) is 4.51. The lowest BCUT2D eigenvalue weighted by Gasteiger charge is -2.24. The van der Waals surface area contributed by atoms with Crippen molar-refractivity contribution >= 4 is 27.4 Å². The van der Waals surface area contributed by atoms with Crippen molar-refractivity contribution in [3.63, 3.8) is 0 Å². The minimum Gasteiger partial charge on any atom is -0.375 e. The van der Waals surface area contributed by atoms with Gasteiger partial charge in [0.2, 0.25) is 10.0 Å². The molecule has 2 fully saturated rings. The Kier molecular flexibility index (Phi) is 7.40. The van der Waals surface area contributed by atoms with E-state index in [1.807, 2.05) is 0 Å². The second-order valence-corrected chi connectivity index (χ2v) is 8.77. The second kappa shape index (κ2) is 9.59. The van der Waals surface area contributed by atoms with Crippen LogP contribution in [0.1, 0.15) is 6.42 Å². The number of pyridine rings is 1. The number of ether oxygens (including phenoxy) is 2. The maximum Gasteiger partial charge on any atom is 0.244 e. The first kappa shape index (κ1) is 21.6. The molecule has 3 rings (SSSR count). The van der Waals surface area contributed by atoms with Crippen LogP contribution in [0.15, 0.2) is 17.2 Å². The molecule has 0 aliphatic carbocycles. The molecule has 2 aliphatic rings. The van der Waals surface area contributed by atoms with Gasteiger partial charge in [0, 0.05) is 25.3 Å². The molecule has 1 aromatic heterocycles. The number of hydrogen-bond acceptors (Lipinski definition) is 7. The summed E-state index contributed by atoms with van der Waals surface area (Å²) in [6.07, 6.45) is 1.10. The Labute approximate surface area is 167 Å². The van der Waals surface area contributed by atoms with Gasteiger partial charge in [-0.15, -0.1) is 0 Å². The van der Waals surface area contributed by atoms with E-state index in [0.29, 0.717) is 38.5 Å². The molecule has 0 bridgehead atoms. The highest BCUT2D eigenvalue weighted by Gasteiger charge is 2.29. The second-order valence-electron chi connectivity index (χ2n) is 6.64. The minimum atomic E-state index is -3.87. The van der Waals surface area contributed by atoms with Gasteiger partial charge in [0.25, 0.3) is 0 Å². The van der Waals surface area contributed by atoms with Crippen molar-refractivity contribution in [2.75, 3.05) is 51.6 Å². The summed E-state index contributed by atoms with van der Waals surface area (Å²) in [6, 6.07) is 0.473. The summed E-state index contributed by atoms with van der Waals surface area (Å²) in [5.41, 5.74) is 0. The Morgan fingerprint density at radius 2 is 2.14 bits per heavy atom. The molecule has 12 heteroatoms. The molecule has 3 heterocycles. The third-order valence-corrected chi connectivity index (χ3v) is 6.37. The van der Waals surface area contributed by atoms with Gasteiger partial charge >= 0.3 is 0 Å². The molecule has 28 heavy (non-hydrogen) atoms. The van der Waals surface area contributed by atoms with E-state index in [1.54, 1.807) is 4.90 Å². The van der Waals surface area contributed by atoms with Crippen molar-refractivity contribution in [1.82, 2.24) is 14.6 Å². The van der Waals surface area contributed by atoms with Gasteiger partial charge in [0.15, 0.2) is 0 Å². The van der Waals surface area contributed by atoms with Crippen LogP contribution in [0.25, 0.3) is 0 Å². The molecular formula is C16H23ClF2N4O4S. The summed E-state index contributed by atoms with van der Waals surface area (Å²) in [6.45, 7) is 0.387. The van der Waals surface area contributed by atoms with E-state index in [2.05, 4.69) is 15.0 Å². The van der Waals surface area contributed by atoms with Gasteiger partial charge in [0.1, 0.15) is 30.3 Å². The van der Waals surface area contributed by atoms with Crippen LogP contribution in [0, 0.1) is 0 Å². The fraction of sp³-hybridized carbons (Fsp3) is 0.688. The number of halogens is 3. The number of hydrogen-bond donors (Lipinski definition) is 2. The van der Waals surface area contributed by atoms with Gasteiger partial charge < -0.3 is 14.8 Å². The summed E-state index contributed by atoms with van der Waals surface area (Å²) in [5.74, 6) is 0.321. The van der Waals surface area contributed by atoms with Crippen LogP contribution in [-0.2, 0) is 19.5 Å². The van der Waals surface area contributed by atoms with Crippen LogP contribution in [0.5, 0.6) is 0 Å². The summed E-state index contributed by atoms with van der Waals surface area (Å²) in [5, 5.41) is 3.25. The number of likely N-dealkylation sites (tertiary alicyclic amines) is 1. The number of aromatic nitrogens is 1. The summed E-state index contributed by atoms with van der Waals surface area (Å²) in [4.78, 5) is 5.75. The number of rotatable bonds is 8. The normalized spacial score (nSPS) is 24.0. The summed E-state index contributed by atoms with van der Waals surface area (Å²) < 4.78 is 63.4. The van der Waals surface area contributed by atoms with Crippen molar-refractivity contribution in [2.45, 2.75) is 29.6 Å². The van der Waals surface area contributed by atoms with Gasteiger partial charge in [-0.25, -0.2) is 22.2 Å². The Balaban J connectivity index is 1.62. The van der Waals surface area contributed by atoms with E-state index < -0.39 is 35.6 Å². The zero-order valence-electron chi connectivity index (χ0n) is 15.1. The molecule has 0 aromatic carbocycles. The van der Waals surface area contributed by atoms with Crippen LogP contribution >= 0.6 is 11.6 Å². The van der Waals surface area contributed by atoms with E-state index in [9.17, 15) is 17.2 Å². The maximum absolute atomic E-state index is 12.8. The molecule has 2 atom stereocenters. The predicted molar refractivity (Wildman–Crippen MR) is 99.5 cm³/mol. The van der Waals surface area contributed by atoms with E-state index in [1.165, 1.54) is 12.3 Å². The van der Waals surface area contributed by atoms with Gasteiger partial charge in [-0.2, -0.15) is 4.72 Å². The summed E-state index contributed by atoms with van der Waals surface area (Å²) in [7, 11) is -3.87. The number of alkyl halides is 2. The number of anilines is 1. The Morgan fingerprint density at radius 1 is 1.36 bits per heavy atom. The SMILES string of the molecule is O=S(=O)(N[C@H]1COCCO1)c1cnc(NC2CCN(C(CF)CF)C2)c(Cl)c1. The molecule has 1 aromatic rings. The lowest BCUT2D eigenvalue weighted by molar-refractivity contribution is -0.0921. The molecule has 2 saturated heterocycles. The molecule has 0 radical (unpaired) electrons. The summed E-state index contributed by atoms with van der Waals surface area (Å²) >= 11 is 6.20. The average Bonchev–Trinajstić information content (AvgIpc) is 3.13. The Bertz CT molecular complexity index is 763. The van der Waals surface area contributed by atoms with Crippen LogP contribution < -0.4 is 10.0 Å². The molecule has 8 nitrogen and oxygen atoms in total. The van der Waals surface area contributed by atoms with Gasteiger partial charge in [-0.1, -0.05) is 11.6 Å². The van der Waals surface area contributed by atoms with Gasteiger partial charge in [-0.05, 0) is 12.5 Å². The van der Waals surface area contributed by atoms with E-state index in [0.717, 1.165) is 0 Å². The number of nitrogens with one attached hydrogen (secondary N) is 2. The van der Waals surface area contributed by atoms with E-state index >= 15 is 0 Å². The van der Waals surface area contributed by atoms with Crippen LogP contribution in [0.3, 0.4) is 0 Å². The maximum atomic E-state index is 12.8. The number of nitrogens with zero attached hydrogens (tertiary/aromatic N) is 2. The van der Waals surface area contributed by atoms with Gasteiger partial charge in [-0.3, -0.25) is 4.90 Å². The molecule has 0 saturated carbocycles. The first-order chi connectivity index (χ1) is 13.4. The highest BCUT2D eigenvalue weighted by Crippen LogP contribution is 2.25. The van der Waals surface area contributed by atoms with E-state index in [4.69, 9.17) is 21.1 Å².